The quantitative estimate of drug-likeness (QED) is 0.387. The van der Waals surface area contributed by atoms with Crippen LogP contribution >= 0.6 is 11.6 Å². The normalized spacial score (nSPS) is 22.5. The van der Waals surface area contributed by atoms with E-state index in [-0.39, 0.29) is 10.8 Å². The minimum absolute atomic E-state index is 0.00982. The number of nitrogens with zero attached hydrogens (tertiary/aromatic N) is 1. The first-order valence-corrected chi connectivity index (χ1v) is 14.3. The smallest absolute Gasteiger partial charge is 0.0469 e. The number of likely N-dealkylation sites (N-methyl/N-ethyl adjacent to an activating group) is 1. The molecule has 192 valence electrons. The molecule has 0 saturated heterocycles. The molecule has 1 aliphatic heterocycles. The Morgan fingerprint density at radius 2 is 1.54 bits per heavy atom. The maximum absolute atomic E-state index is 7.08. The molecule has 1 nitrogen and oxygen atoms in total. The molecule has 2 heteroatoms. The standard InChI is InChI=1S/C35H40ClN/c1-7-26-27-16-9-10-17-28(27)34(3,4)29(26)22-20-24-14-13-15-25(33(24)36)21-23-32-35(5,6)30-18-11-12-19-31(30)37(32)8-2/h9-12,16-23H,7-8,13-15H2,1-6H3/b22-20+,25-21+,32-23+. The lowest BCUT2D eigenvalue weighted by Gasteiger charge is -2.26. The Morgan fingerprint density at radius 3 is 2.27 bits per heavy atom. The molecule has 2 aromatic rings. The third-order valence-electron chi connectivity index (χ3n) is 8.74. The monoisotopic (exact) mass is 509 g/mol. The molecule has 0 saturated carbocycles. The van der Waals surface area contributed by atoms with Gasteiger partial charge in [0.1, 0.15) is 0 Å². The van der Waals surface area contributed by atoms with Gasteiger partial charge in [-0.25, -0.2) is 0 Å². The first-order chi connectivity index (χ1) is 17.7. The SMILES string of the molecule is CCC1=C(/C=C/C2=C(Cl)C(=C/C=C3/N(CC)c4ccccc4C3(C)C)/CCC2)C(C)(C)c2ccccc21. The van der Waals surface area contributed by atoms with E-state index in [1.54, 1.807) is 0 Å². The van der Waals surface area contributed by atoms with E-state index in [4.69, 9.17) is 11.6 Å². The number of allylic oxidation sites excluding steroid dienone is 10. The summed E-state index contributed by atoms with van der Waals surface area (Å²) in [7, 11) is 0. The van der Waals surface area contributed by atoms with Crippen LogP contribution in [0.25, 0.3) is 5.57 Å². The molecule has 0 bridgehead atoms. The Labute approximate surface area is 228 Å². The molecule has 5 rings (SSSR count). The van der Waals surface area contributed by atoms with Crippen molar-refractivity contribution >= 4 is 22.9 Å². The topological polar surface area (TPSA) is 3.24 Å². The molecule has 0 spiro atoms. The lowest BCUT2D eigenvalue weighted by molar-refractivity contribution is 0.633. The Morgan fingerprint density at radius 1 is 0.838 bits per heavy atom. The van der Waals surface area contributed by atoms with E-state index in [2.05, 4.69) is 119 Å². The van der Waals surface area contributed by atoms with Gasteiger partial charge < -0.3 is 4.90 Å². The number of para-hydroxylation sites is 1. The van der Waals surface area contributed by atoms with Gasteiger partial charge in [-0.3, -0.25) is 0 Å². The third-order valence-corrected chi connectivity index (χ3v) is 9.23. The molecule has 37 heavy (non-hydrogen) atoms. The summed E-state index contributed by atoms with van der Waals surface area (Å²) in [6.07, 6.45) is 13.5. The van der Waals surface area contributed by atoms with Crippen LogP contribution < -0.4 is 4.90 Å². The van der Waals surface area contributed by atoms with Gasteiger partial charge in [0.15, 0.2) is 0 Å². The molecule has 0 amide bonds. The van der Waals surface area contributed by atoms with Crippen molar-refractivity contribution in [2.45, 2.75) is 78.1 Å². The Balaban J connectivity index is 1.48. The van der Waals surface area contributed by atoms with E-state index >= 15 is 0 Å². The van der Waals surface area contributed by atoms with Crippen molar-refractivity contribution in [1.29, 1.82) is 0 Å². The molecule has 2 aromatic carbocycles. The van der Waals surface area contributed by atoms with Crippen LogP contribution in [-0.2, 0) is 10.8 Å². The van der Waals surface area contributed by atoms with Gasteiger partial charge >= 0.3 is 0 Å². The zero-order valence-electron chi connectivity index (χ0n) is 23.3. The minimum atomic E-state index is -0.0245. The van der Waals surface area contributed by atoms with Crippen LogP contribution in [0.1, 0.15) is 83.9 Å². The number of hydrogen-bond donors (Lipinski definition) is 0. The average Bonchev–Trinajstić information content (AvgIpc) is 3.25. The fourth-order valence-electron chi connectivity index (χ4n) is 6.70. The molecule has 0 N–H and O–H groups in total. The second-order valence-corrected chi connectivity index (χ2v) is 12.0. The number of halogens is 1. The summed E-state index contributed by atoms with van der Waals surface area (Å²) in [5.74, 6) is 0. The highest BCUT2D eigenvalue weighted by atomic mass is 35.5. The van der Waals surface area contributed by atoms with E-state index in [1.165, 1.54) is 50.4 Å². The maximum atomic E-state index is 7.08. The predicted molar refractivity (Wildman–Crippen MR) is 161 cm³/mol. The first-order valence-electron chi connectivity index (χ1n) is 13.9. The van der Waals surface area contributed by atoms with E-state index in [1.807, 2.05) is 0 Å². The first kappa shape index (κ1) is 25.9. The average molecular weight is 510 g/mol. The van der Waals surface area contributed by atoms with Crippen LogP contribution in [-0.4, -0.2) is 6.54 Å². The highest BCUT2D eigenvalue weighted by Gasteiger charge is 2.39. The van der Waals surface area contributed by atoms with Crippen molar-refractivity contribution < 1.29 is 0 Å². The van der Waals surface area contributed by atoms with Gasteiger partial charge in [-0.05, 0) is 83.7 Å². The van der Waals surface area contributed by atoms with Gasteiger partial charge in [0.25, 0.3) is 0 Å². The van der Waals surface area contributed by atoms with Crippen LogP contribution in [0.2, 0.25) is 0 Å². The van der Waals surface area contributed by atoms with Crippen LogP contribution in [0, 0.1) is 0 Å². The highest BCUT2D eigenvalue weighted by molar-refractivity contribution is 6.32. The lowest BCUT2D eigenvalue weighted by Crippen LogP contribution is -2.25. The molecule has 0 aromatic heterocycles. The number of rotatable bonds is 5. The fourth-order valence-corrected chi connectivity index (χ4v) is 7.02. The summed E-state index contributed by atoms with van der Waals surface area (Å²) < 4.78 is 0. The molecule has 3 aliphatic rings. The van der Waals surface area contributed by atoms with Crippen molar-refractivity contribution in [3.8, 4) is 0 Å². The summed E-state index contributed by atoms with van der Waals surface area (Å²) in [5.41, 5.74) is 12.3. The van der Waals surface area contributed by atoms with Crippen molar-refractivity contribution in [3.05, 3.63) is 117 Å². The second kappa shape index (κ2) is 9.84. The lowest BCUT2D eigenvalue weighted by atomic mass is 9.80. The van der Waals surface area contributed by atoms with E-state index in [9.17, 15) is 0 Å². The van der Waals surface area contributed by atoms with Gasteiger partial charge in [-0.1, -0.05) is 107 Å². The number of fused-ring (bicyclic) bond motifs is 2. The van der Waals surface area contributed by atoms with Crippen LogP contribution in [0.5, 0.6) is 0 Å². The number of hydrogen-bond acceptors (Lipinski definition) is 1. The number of anilines is 1. The molecule has 0 unspecified atom stereocenters. The van der Waals surface area contributed by atoms with E-state index in [0.717, 1.165) is 37.3 Å². The van der Waals surface area contributed by atoms with Gasteiger partial charge in [0.2, 0.25) is 0 Å². The van der Waals surface area contributed by atoms with E-state index in [0.29, 0.717) is 0 Å². The summed E-state index contributed by atoms with van der Waals surface area (Å²) in [5, 5.41) is 0.933. The van der Waals surface area contributed by atoms with Crippen molar-refractivity contribution in [2.24, 2.45) is 0 Å². The van der Waals surface area contributed by atoms with Gasteiger partial charge in [0.05, 0.1) is 0 Å². The van der Waals surface area contributed by atoms with Crippen LogP contribution in [0.3, 0.4) is 0 Å². The van der Waals surface area contributed by atoms with Crippen molar-refractivity contribution in [1.82, 2.24) is 0 Å². The van der Waals surface area contributed by atoms with Crippen LogP contribution in [0.4, 0.5) is 5.69 Å². The highest BCUT2D eigenvalue weighted by Crippen LogP contribution is 2.49. The summed E-state index contributed by atoms with van der Waals surface area (Å²) in [6.45, 7) is 14.8. The van der Waals surface area contributed by atoms with Gasteiger partial charge in [0, 0.05) is 33.8 Å². The summed E-state index contributed by atoms with van der Waals surface area (Å²) >= 11 is 7.08. The Hall–Kier alpha value is -2.77. The van der Waals surface area contributed by atoms with Gasteiger partial charge in [-0.15, -0.1) is 0 Å². The number of benzene rings is 2. The third kappa shape index (κ3) is 4.26. The molecular weight excluding hydrogens is 470 g/mol. The largest absolute Gasteiger partial charge is 0.344 e. The fraction of sp³-hybridized carbons (Fsp3) is 0.371. The van der Waals surface area contributed by atoms with Crippen LogP contribution in [0.15, 0.2) is 100 Å². The zero-order chi connectivity index (χ0) is 26.4. The summed E-state index contributed by atoms with van der Waals surface area (Å²) in [6, 6.07) is 17.7. The van der Waals surface area contributed by atoms with Crippen molar-refractivity contribution in [3.63, 3.8) is 0 Å². The molecular formula is C35H40ClN. The maximum Gasteiger partial charge on any atom is 0.0469 e. The Kier molecular flexibility index (Phi) is 6.88. The zero-order valence-corrected chi connectivity index (χ0v) is 24.0. The van der Waals surface area contributed by atoms with E-state index < -0.39 is 0 Å². The summed E-state index contributed by atoms with van der Waals surface area (Å²) in [4.78, 5) is 2.45. The van der Waals surface area contributed by atoms with Crippen molar-refractivity contribution in [2.75, 3.05) is 11.4 Å². The molecule has 0 fully saturated rings. The second-order valence-electron chi connectivity index (χ2n) is 11.6. The Bertz CT molecular complexity index is 1380. The molecule has 1 heterocycles. The molecule has 0 radical (unpaired) electrons. The van der Waals surface area contributed by atoms with Gasteiger partial charge in [-0.2, -0.15) is 0 Å². The molecule has 0 atom stereocenters. The minimum Gasteiger partial charge on any atom is -0.344 e. The predicted octanol–water partition coefficient (Wildman–Crippen LogP) is 10.0. The molecule has 2 aliphatic carbocycles.